The van der Waals surface area contributed by atoms with Crippen molar-refractivity contribution in [2.75, 3.05) is 40.7 Å². The Balaban J connectivity index is 1.39. The number of hydrogen-bond donors (Lipinski definition) is 1. The fourth-order valence-electron chi connectivity index (χ4n) is 2.95. The average Bonchev–Trinajstić information content (AvgIpc) is 3.17. The second-order valence-corrected chi connectivity index (χ2v) is 8.05. The largest absolute Gasteiger partial charge is 0.353 e. The zero-order valence-corrected chi connectivity index (χ0v) is 16.1. The summed E-state index contributed by atoms with van der Waals surface area (Å²) in [5.41, 5.74) is 0.293. The lowest BCUT2D eigenvalue weighted by Gasteiger charge is -2.35. The number of imidazole rings is 1. The van der Waals surface area contributed by atoms with Crippen LogP contribution in [0, 0.1) is 0 Å². The van der Waals surface area contributed by atoms with Crippen LogP contribution < -0.4 is 14.5 Å². The van der Waals surface area contributed by atoms with E-state index in [-0.39, 0.29) is 5.03 Å². The molecule has 0 aromatic carbocycles. The Hall–Kier alpha value is -3.21. The quantitative estimate of drug-likeness (QED) is 0.668. The van der Waals surface area contributed by atoms with Crippen molar-refractivity contribution in [2.24, 2.45) is 7.05 Å². The molecule has 11 heteroatoms. The Bertz CT molecular complexity index is 1030. The second-order valence-electron chi connectivity index (χ2n) is 6.42. The van der Waals surface area contributed by atoms with Gasteiger partial charge in [0.05, 0.1) is 24.4 Å². The van der Waals surface area contributed by atoms with Crippen LogP contribution in [-0.2, 0) is 17.1 Å². The third-order valence-corrected chi connectivity index (χ3v) is 5.65. The molecule has 1 fully saturated rings. The van der Waals surface area contributed by atoms with Crippen LogP contribution in [0.1, 0.15) is 0 Å². The van der Waals surface area contributed by atoms with Gasteiger partial charge in [0.2, 0.25) is 5.95 Å². The van der Waals surface area contributed by atoms with Crippen LogP contribution in [0.3, 0.4) is 0 Å². The predicted molar refractivity (Wildman–Crippen MR) is 105 cm³/mol. The maximum atomic E-state index is 12.3. The summed E-state index contributed by atoms with van der Waals surface area (Å²) in [6.45, 7) is 3.15. The van der Waals surface area contributed by atoms with Gasteiger partial charge in [0.15, 0.2) is 5.03 Å². The van der Waals surface area contributed by atoms with E-state index in [0.717, 1.165) is 32.0 Å². The third-order valence-electron chi connectivity index (χ3n) is 4.38. The number of nitrogens with one attached hydrogen (secondary N) is 1. The van der Waals surface area contributed by atoms with Crippen molar-refractivity contribution in [3.8, 4) is 0 Å². The number of piperazine rings is 1. The van der Waals surface area contributed by atoms with Crippen LogP contribution in [0.15, 0.2) is 54.3 Å². The lowest BCUT2D eigenvalue weighted by Crippen LogP contribution is -2.47. The highest BCUT2D eigenvalue weighted by Gasteiger charge is 2.21. The number of hydrogen-bond acceptors (Lipinski definition) is 8. The van der Waals surface area contributed by atoms with Crippen molar-refractivity contribution in [2.45, 2.75) is 5.03 Å². The summed E-state index contributed by atoms with van der Waals surface area (Å²) in [7, 11) is -2.05. The highest BCUT2D eigenvalue weighted by molar-refractivity contribution is 7.92. The first-order valence-corrected chi connectivity index (χ1v) is 10.2. The molecule has 0 saturated carbocycles. The molecule has 4 rings (SSSR count). The van der Waals surface area contributed by atoms with Crippen LogP contribution in [0.2, 0.25) is 0 Å². The smallest absolute Gasteiger partial charge is 0.281 e. The van der Waals surface area contributed by atoms with Gasteiger partial charge in [-0.3, -0.25) is 4.72 Å². The highest BCUT2D eigenvalue weighted by atomic mass is 32.2. The van der Waals surface area contributed by atoms with E-state index in [2.05, 4.69) is 34.5 Å². The fourth-order valence-corrected chi connectivity index (χ4v) is 3.96. The van der Waals surface area contributed by atoms with Gasteiger partial charge in [0.25, 0.3) is 10.0 Å². The number of aromatic nitrogens is 5. The average molecular weight is 400 g/mol. The third kappa shape index (κ3) is 3.88. The molecule has 0 aliphatic carbocycles. The first-order chi connectivity index (χ1) is 13.5. The van der Waals surface area contributed by atoms with Crippen LogP contribution in [0.4, 0.5) is 17.5 Å². The first-order valence-electron chi connectivity index (χ1n) is 8.75. The molecule has 146 valence electrons. The molecule has 0 bridgehead atoms. The van der Waals surface area contributed by atoms with Crippen molar-refractivity contribution in [1.82, 2.24) is 24.5 Å². The van der Waals surface area contributed by atoms with Gasteiger partial charge in [-0.1, -0.05) is 6.07 Å². The maximum Gasteiger partial charge on any atom is 0.281 e. The first kappa shape index (κ1) is 18.2. The summed E-state index contributed by atoms with van der Waals surface area (Å²) in [6.07, 6.45) is 7.58. The zero-order chi connectivity index (χ0) is 19.6. The minimum Gasteiger partial charge on any atom is -0.353 e. The number of anilines is 3. The van der Waals surface area contributed by atoms with Gasteiger partial charge in [-0.25, -0.2) is 19.9 Å². The Morgan fingerprint density at radius 2 is 1.68 bits per heavy atom. The Morgan fingerprint density at radius 3 is 2.29 bits per heavy atom. The van der Waals surface area contributed by atoms with Crippen molar-refractivity contribution < 1.29 is 8.42 Å². The molecule has 0 amide bonds. The summed E-state index contributed by atoms with van der Waals surface area (Å²) >= 11 is 0. The second kappa shape index (κ2) is 7.43. The van der Waals surface area contributed by atoms with Gasteiger partial charge in [-0.2, -0.15) is 8.42 Å². The molecule has 1 aliphatic rings. The van der Waals surface area contributed by atoms with Gasteiger partial charge in [-0.15, -0.1) is 0 Å². The maximum absolute atomic E-state index is 12.3. The molecule has 10 nitrogen and oxygen atoms in total. The molecule has 4 heterocycles. The Labute approximate surface area is 162 Å². The molecule has 3 aromatic rings. The van der Waals surface area contributed by atoms with E-state index in [0.29, 0.717) is 11.6 Å². The van der Waals surface area contributed by atoms with E-state index >= 15 is 0 Å². The Morgan fingerprint density at radius 1 is 0.964 bits per heavy atom. The molecular formula is C17H20N8O2S. The predicted octanol–water partition coefficient (Wildman–Crippen LogP) is 0.732. The summed E-state index contributed by atoms with van der Waals surface area (Å²) in [6, 6.07) is 5.87. The number of aryl methyl sites for hydroxylation is 1. The van der Waals surface area contributed by atoms with Crippen molar-refractivity contribution in [1.29, 1.82) is 0 Å². The zero-order valence-electron chi connectivity index (χ0n) is 15.3. The molecule has 1 N–H and O–H groups in total. The van der Waals surface area contributed by atoms with Gasteiger partial charge in [0, 0.05) is 45.6 Å². The van der Waals surface area contributed by atoms with E-state index in [1.54, 1.807) is 17.8 Å². The lowest BCUT2D eigenvalue weighted by molar-refractivity contribution is 0.598. The molecular weight excluding hydrogens is 380 g/mol. The summed E-state index contributed by atoms with van der Waals surface area (Å²) in [5.74, 6) is 1.53. The highest BCUT2D eigenvalue weighted by Crippen LogP contribution is 2.18. The lowest BCUT2D eigenvalue weighted by atomic mass is 10.3. The SMILES string of the molecule is Cn1cnc(S(=O)(=O)Nc2cnc(N3CCN(c4ccccn4)CC3)nc2)c1. The van der Waals surface area contributed by atoms with Gasteiger partial charge < -0.3 is 14.4 Å². The molecule has 3 aromatic heterocycles. The molecule has 0 spiro atoms. The van der Waals surface area contributed by atoms with E-state index in [1.165, 1.54) is 24.9 Å². The molecule has 1 saturated heterocycles. The van der Waals surface area contributed by atoms with Crippen molar-refractivity contribution in [3.63, 3.8) is 0 Å². The molecule has 0 unspecified atom stereocenters. The van der Waals surface area contributed by atoms with Crippen LogP contribution >= 0.6 is 0 Å². The van der Waals surface area contributed by atoms with Gasteiger partial charge >= 0.3 is 0 Å². The van der Waals surface area contributed by atoms with Crippen LogP contribution in [0.25, 0.3) is 0 Å². The monoisotopic (exact) mass is 400 g/mol. The normalized spacial score (nSPS) is 14.9. The Kier molecular flexibility index (Phi) is 4.82. The van der Waals surface area contributed by atoms with E-state index < -0.39 is 10.0 Å². The summed E-state index contributed by atoms with van der Waals surface area (Å²) in [4.78, 5) is 21.1. The standard InChI is InChI=1S/C17H20N8O2S/c1-23-12-16(21-13-23)28(26,27)22-14-10-19-17(20-11-14)25-8-6-24(7-9-25)15-4-2-3-5-18-15/h2-5,10-13,22H,6-9H2,1H3. The van der Waals surface area contributed by atoms with E-state index in [9.17, 15) is 8.42 Å². The fraction of sp³-hybridized carbons (Fsp3) is 0.294. The van der Waals surface area contributed by atoms with Crippen LogP contribution in [-0.4, -0.2) is 59.1 Å². The molecule has 0 atom stereocenters. The number of pyridine rings is 1. The van der Waals surface area contributed by atoms with E-state index in [1.807, 2.05) is 18.2 Å². The minimum atomic E-state index is -3.76. The van der Waals surface area contributed by atoms with Crippen molar-refractivity contribution in [3.05, 3.63) is 49.3 Å². The summed E-state index contributed by atoms with van der Waals surface area (Å²) in [5, 5.41) is -0.0512. The molecule has 1 aliphatic heterocycles. The van der Waals surface area contributed by atoms with Crippen LogP contribution in [0.5, 0.6) is 0 Å². The van der Waals surface area contributed by atoms with Gasteiger partial charge in [0.1, 0.15) is 5.82 Å². The van der Waals surface area contributed by atoms with E-state index in [4.69, 9.17) is 0 Å². The molecule has 0 radical (unpaired) electrons. The van der Waals surface area contributed by atoms with Gasteiger partial charge in [-0.05, 0) is 12.1 Å². The van der Waals surface area contributed by atoms with Crippen molar-refractivity contribution >= 4 is 27.5 Å². The number of rotatable bonds is 5. The number of nitrogens with zero attached hydrogens (tertiary/aromatic N) is 7. The summed E-state index contributed by atoms with van der Waals surface area (Å²) < 4.78 is 28.6. The molecule has 28 heavy (non-hydrogen) atoms. The topological polar surface area (TPSA) is 109 Å². The number of sulfonamides is 1. The minimum absolute atomic E-state index is 0.0512.